The van der Waals surface area contributed by atoms with Crippen LogP contribution in [0.1, 0.15) is 36.6 Å². The van der Waals surface area contributed by atoms with Gasteiger partial charge in [-0.3, -0.25) is 0 Å². The van der Waals surface area contributed by atoms with Gasteiger partial charge in [0.15, 0.2) is 12.0 Å². The van der Waals surface area contributed by atoms with Gasteiger partial charge in [0.05, 0.1) is 6.10 Å². The first kappa shape index (κ1) is 25.7. The van der Waals surface area contributed by atoms with Crippen LogP contribution in [0.3, 0.4) is 0 Å². The monoisotopic (exact) mass is 529 g/mol. The van der Waals surface area contributed by atoms with Crippen LogP contribution in [0.2, 0.25) is 0 Å². The Kier molecular flexibility index (Phi) is 7.54. The van der Waals surface area contributed by atoms with Gasteiger partial charge in [-0.2, -0.15) is 18.2 Å². The molecule has 1 N–H and O–H groups in total. The molecule has 200 valence electrons. The summed E-state index contributed by atoms with van der Waals surface area (Å²) in [6.45, 7) is 1.19. The third-order valence-corrected chi connectivity index (χ3v) is 6.17. The average Bonchev–Trinajstić information content (AvgIpc) is 3.29. The maximum atomic E-state index is 13.1. The van der Waals surface area contributed by atoms with Gasteiger partial charge in [0.1, 0.15) is 30.4 Å². The molecule has 0 aliphatic carbocycles. The zero-order chi connectivity index (χ0) is 26.5. The van der Waals surface area contributed by atoms with Crippen molar-refractivity contribution in [2.24, 2.45) is 0 Å². The van der Waals surface area contributed by atoms with E-state index in [1.165, 1.54) is 18.3 Å². The van der Waals surface area contributed by atoms with Gasteiger partial charge in [0.2, 0.25) is 0 Å². The second-order valence-electron chi connectivity index (χ2n) is 8.89. The van der Waals surface area contributed by atoms with Crippen LogP contribution < -0.4 is 19.9 Å². The molecule has 1 saturated heterocycles. The van der Waals surface area contributed by atoms with Crippen LogP contribution >= 0.6 is 0 Å². The molecule has 2 unspecified atom stereocenters. The molecule has 38 heavy (non-hydrogen) atoms. The molecule has 0 amide bonds. The molecule has 0 radical (unpaired) electrons. The number of hydroxylamine groups is 1. The predicted octanol–water partition coefficient (Wildman–Crippen LogP) is 5.56. The number of halogens is 3. The molecule has 2 aromatic carbocycles. The first-order chi connectivity index (χ1) is 18.4. The van der Waals surface area contributed by atoms with Crippen molar-refractivity contribution in [3.05, 3.63) is 78.0 Å². The van der Waals surface area contributed by atoms with E-state index in [1.807, 2.05) is 30.3 Å². The van der Waals surface area contributed by atoms with Crippen LogP contribution in [-0.4, -0.2) is 36.4 Å². The average molecular weight is 530 g/mol. The van der Waals surface area contributed by atoms with Crippen molar-refractivity contribution in [2.75, 3.05) is 23.6 Å². The van der Waals surface area contributed by atoms with E-state index in [4.69, 9.17) is 19.0 Å². The number of benzene rings is 2. The predicted molar refractivity (Wildman–Crippen MR) is 132 cm³/mol. The lowest BCUT2D eigenvalue weighted by atomic mass is 10.1. The summed E-state index contributed by atoms with van der Waals surface area (Å²) in [5, 5.41) is 3.90. The van der Waals surface area contributed by atoms with E-state index < -0.39 is 18.3 Å². The number of carbonyl (C=O) groups excluding carboxylic acids is 1. The number of alkyl halides is 3. The largest absolute Gasteiger partial charge is 0.493 e. The lowest BCUT2D eigenvalue weighted by Crippen LogP contribution is -2.37. The summed E-state index contributed by atoms with van der Waals surface area (Å²) in [4.78, 5) is 20.9. The van der Waals surface area contributed by atoms with Gasteiger partial charge in [-0.15, -0.1) is 0 Å². The molecule has 2 aliphatic heterocycles. The van der Waals surface area contributed by atoms with Crippen LogP contribution in [-0.2, 0) is 21.0 Å². The zero-order valence-electron chi connectivity index (χ0n) is 20.3. The Morgan fingerprint density at radius 3 is 2.68 bits per heavy atom. The number of aromatic nitrogens is 1. The fraction of sp³-hybridized carbons (Fsp3) is 0.333. The van der Waals surface area contributed by atoms with Gasteiger partial charge >= 0.3 is 12.1 Å². The highest BCUT2D eigenvalue weighted by atomic mass is 19.4. The van der Waals surface area contributed by atoms with E-state index in [1.54, 1.807) is 18.2 Å². The van der Waals surface area contributed by atoms with Crippen molar-refractivity contribution in [1.82, 2.24) is 4.98 Å². The first-order valence-electron chi connectivity index (χ1n) is 12.2. The number of rotatable bonds is 8. The quantitative estimate of drug-likeness (QED) is 0.406. The molecular formula is C27H26F3N3O5. The van der Waals surface area contributed by atoms with Crippen molar-refractivity contribution in [3.63, 3.8) is 0 Å². The summed E-state index contributed by atoms with van der Waals surface area (Å²) in [5.74, 6) is -1.26. The smallest absolute Gasteiger partial charge is 0.490 e. The summed E-state index contributed by atoms with van der Waals surface area (Å²) >= 11 is 0. The Balaban J connectivity index is 1.45. The number of hydrogen-bond donors (Lipinski definition) is 1. The number of hydrogen-bond acceptors (Lipinski definition) is 8. The molecule has 0 bridgehead atoms. The van der Waals surface area contributed by atoms with E-state index in [2.05, 4.69) is 10.3 Å². The number of carbonyl (C=O) groups is 1. The molecule has 3 heterocycles. The molecule has 11 heteroatoms. The molecule has 2 atom stereocenters. The SMILES string of the molecule is O=C(ON1c2cccnc2NC1c1cc(OCc2ccccc2)ccc1OCC1CCCCO1)C(F)(F)F. The highest BCUT2D eigenvalue weighted by molar-refractivity contribution is 5.80. The highest BCUT2D eigenvalue weighted by Gasteiger charge is 2.46. The Morgan fingerprint density at radius 2 is 1.92 bits per heavy atom. The van der Waals surface area contributed by atoms with Gasteiger partial charge in [-0.25, -0.2) is 9.78 Å². The first-order valence-corrected chi connectivity index (χ1v) is 12.2. The van der Waals surface area contributed by atoms with Gasteiger partial charge in [0.25, 0.3) is 0 Å². The third kappa shape index (κ3) is 5.94. The molecule has 1 fully saturated rings. The number of pyridine rings is 1. The van der Waals surface area contributed by atoms with Crippen LogP contribution in [0.4, 0.5) is 24.7 Å². The summed E-state index contributed by atoms with van der Waals surface area (Å²) in [5.41, 5.74) is 1.52. The number of anilines is 2. The number of fused-ring (bicyclic) bond motifs is 1. The summed E-state index contributed by atoms with van der Waals surface area (Å²) in [6, 6.07) is 17.6. The molecular weight excluding hydrogens is 503 g/mol. The second-order valence-corrected chi connectivity index (χ2v) is 8.89. The molecule has 3 aromatic rings. The normalized spacial score (nSPS) is 18.9. The Hall–Kier alpha value is -3.99. The Bertz CT molecular complexity index is 1250. The minimum absolute atomic E-state index is 0.0971. The number of ether oxygens (including phenoxy) is 3. The third-order valence-electron chi connectivity index (χ3n) is 6.17. The fourth-order valence-corrected chi connectivity index (χ4v) is 4.28. The lowest BCUT2D eigenvalue weighted by Gasteiger charge is -2.28. The van der Waals surface area contributed by atoms with E-state index in [0.29, 0.717) is 23.7 Å². The number of nitrogens with zero attached hydrogens (tertiary/aromatic N) is 2. The fourth-order valence-electron chi connectivity index (χ4n) is 4.28. The summed E-state index contributed by atoms with van der Waals surface area (Å²) in [6.07, 6.45) is -2.00. The van der Waals surface area contributed by atoms with Crippen molar-refractivity contribution in [2.45, 2.75) is 44.3 Å². The van der Waals surface area contributed by atoms with Crippen LogP contribution in [0.15, 0.2) is 66.9 Å². The van der Waals surface area contributed by atoms with E-state index >= 15 is 0 Å². The van der Waals surface area contributed by atoms with Crippen LogP contribution in [0, 0.1) is 0 Å². The Labute approximate surface area is 217 Å². The van der Waals surface area contributed by atoms with Crippen LogP contribution in [0.5, 0.6) is 11.5 Å². The highest BCUT2D eigenvalue weighted by Crippen LogP contribution is 2.44. The summed E-state index contributed by atoms with van der Waals surface area (Å²) in [7, 11) is 0. The molecule has 1 aromatic heterocycles. The van der Waals surface area contributed by atoms with Gasteiger partial charge in [-0.1, -0.05) is 30.3 Å². The number of nitrogens with one attached hydrogen (secondary N) is 1. The van der Waals surface area contributed by atoms with E-state index in [9.17, 15) is 18.0 Å². The van der Waals surface area contributed by atoms with Gasteiger partial charge < -0.3 is 24.4 Å². The molecule has 5 rings (SSSR count). The van der Waals surface area contributed by atoms with Gasteiger partial charge in [0, 0.05) is 18.4 Å². The second kappa shape index (κ2) is 11.2. The maximum absolute atomic E-state index is 13.1. The van der Waals surface area contributed by atoms with E-state index in [-0.39, 0.29) is 30.8 Å². The maximum Gasteiger partial charge on any atom is 0.493 e. The topological polar surface area (TPSA) is 82.2 Å². The van der Waals surface area contributed by atoms with Crippen molar-refractivity contribution < 1.29 is 37.0 Å². The van der Waals surface area contributed by atoms with E-state index in [0.717, 1.165) is 29.9 Å². The molecule has 2 aliphatic rings. The van der Waals surface area contributed by atoms with Crippen LogP contribution in [0.25, 0.3) is 0 Å². The van der Waals surface area contributed by atoms with Crippen molar-refractivity contribution in [3.8, 4) is 11.5 Å². The summed E-state index contributed by atoms with van der Waals surface area (Å²) < 4.78 is 57.2. The molecule has 0 spiro atoms. The standard InChI is InChI=1S/C27H26F3N3O5/c28-27(29,30)26(34)38-33-22-10-6-13-31-24(22)32-25(33)21-15-19(36-16-18-7-2-1-3-8-18)11-12-23(21)37-17-20-9-4-5-14-35-20/h1-3,6-8,10-13,15,20,25H,4-5,9,14,16-17H2,(H,31,32). The molecule has 0 saturated carbocycles. The van der Waals surface area contributed by atoms with Crippen molar-refractivity contribution >= 4 is 17.5 Å². The lowest BCUT2D eigenvalue weighted by molar-refractivity contribution is -0.201. The minimum atomic E-state index is -5.19. The Morgan fingerprint density at radius 1 is 1.08 bits per heavy atom. The van der Waals surface area contributed by atoms with Gasteiger partial charge in [-0.05, 0) is 55.2 Å². The zero-order valence-corrected chi connectivity index (χ0v) is 20.3. The molecule has 8 nitrogen and oxygen atoms in total. The minimum Gasteiger partial charge on any atom is -0.490 e. The van der Waals surface area contributed by atoms with Crippen molar-refractivity contribution in [1.29, 1.82) is 0 Å².